The molecular weight excluding hydrogens is 733 g/mol. The van der Waals surface area contributed by atoms with Crippen LogP contribution in [0.25, 0.3) is 33.0 Å². The van der Waals surface area contributed by atoms with Crippen LogP contribution in [0.3, 0.4) is 0 Å². The molecule has 4 amide bonds. The van der Waals surface area contributed by atoms with Crippen molar-refractivity contribution in [2.75, 3.05) is 27.3 Å². The van der Waals surface area contributed by atoms with Gasteiger partial charge in [-0.2, -0.15) is 0 Å². The van der Waals surface area contributed by atoms with Gasteiger partial charge in [0.15, 0.2) is 0 Å². The number of nitrogens with zero attached hydrogens (tertiary/aromatic N) is 4. The highest BCUT2D eigenvalue weighted by molar-refractivity contribution is 6.09. The number of benzene rings is 3. The Morgan fingerprint density at radius 1 is 0.690 bits per heavy atom. The Morgan fingerprint density at radius 2 is 1.24 bits per heavy atom. The van der Waals surface area contributed by atoms with Crippen LogP contribution in [0.15, 0.2) is 95.2 Å². The van der Waals surface area contributed by atoms with Crippen LogP contribution in [-0.2, 0) is 19.1 Å². The van der Waals surface area contributed by atoms with Crippen molar-refractivity contribution in [1.29, 1.82) is 0 Å². The van der Waals surface area contributed by atoms with E-state index < -0.39 is 24.3 Å². The summed E-state index contributed by atoms with van der Waals surface area (Å²) in [5.74, 6) is -0.477. The molecule has 0 bridgehead atoms. The molecule has 3 aromatic carbocycles. The monoisotopic (exact) mass is 784 g/mol. The Balaban J connectivity index is 1.03. The smallest absolute Gasteiger partial charge is 0.407 e. The molecule has 4 atom stereocenters. The van der Waals surface area contributed by atoms with Gasteiger partial charge in [-0.15, -0.1) is 0 Å². The number of likely N-dealkylation sites (tertiary alicyclic amines) is 1. The minimum absolute atomic E-state index is 0.0954. The van der Waals surface area contributed by atoms with Gasteiger partial charge in [0, 0.05) is 49.8 Å². The summed E-state index contributed by atoms with van der Waals surface area (Å²) in [4.78, 5) is 64.7. The minimum Gasteiger partial charge on any atom is -0.453 e. The summed E-state index contributed by atoms with van der Waals surface area (Å²) in [5, 5.41) is 7.70. The van der Waals surface area contributed by atoms with E-state index in [0.29, 0.717) is 25.9 Å². The number of ether oxygens (including phenoxy) is 2. The second-order valence-electron chi connectivity index (χ2n) is 16.0. The fourth-order valence-corrected chi connectivity index (χ4v) is 8.50. The van der Waals surface area contributed by atoms with Crippen LogP contribution < -0.4 is 10.6 Å². The molecule has 4 aliphatic heterocycles. The molecule has 12 heteroatoms. The summed E-state index contributed by atoms with van der Waals surface area (Å²) in [6.45, 7) is 8.72. The molecule has 0 spiro atoms. The highest BCUT2D eigenvalue weighted by atomic mass is 16.5. The molecule has 1 fully saturated rings. The van der Waals surface area contributed by atoms with Crippen molar-refractivity contribution in [2.45, 2.75) is 77.5 Å². The maximum absolute atomic E-state index is 13.7. The molecule has 58 heavy (non-hydrogen) atoms. The standard InChI is InChI=1S/C46H52N6O6/c1-27(2)41(49-45(55)57-5)43(53)51-21-9-15-39(51)37-23-31(25-47-37)29-17-19-30(20-18-29)33-11-7-14-36-34(12-8-13-35(33)36)32-24-38(48-26-32)40-16-10-22-52(40)44(54)42(28(3)4)50-46(56)58-6/h7-9,11-15,17-20,25-28,39-42H,10,16,21-24H2,1-6H3,(H,49,55)(H,50,56)/t39-,40-,41-,42-/m0/s1. The number of fused-ring (bicyclic) bond motifs is 1. The molecule has 4 aliphatic rings. The van der Waals surface area contributed by atoms with Crippen molar-refractivity contribution in [2.24, 2.45) is 21.8 Å². The Hall–Kier alpha value is -6.04. The summed E-state index contributed by atoms with van der Waals surface area (Å²) in [6.07, 6.45) is 9.55. The number of nitrogens with one attached hydrogen (secondary N) is 2. The zero-order valence-corrected chi connectivity index (χ0v) is 34.0. The first-order chi connectivity index (χ1) is 28.0. The van der Waals surface area contributed by atoms with Crippen LogP contribution in [0.1, 0.15) is 64.5 Å². The number of hydrogen-bond donors (Lipinski definition) is 2. The number of allylic oxidation sites excluding steroid dienone is 2. The summed E-state index contributed by atoms with van der Waals surface area (Å²) in [7, 11) is 2.59. The Bertz CT molecular complexity index is 2250. The number of carbonyl (C=O) groups is 4. The average Bonchev–Trinajstić information content (AvgIpc) is 4.07. The van der Waals surface area contributed by atoms with E-state index >= 15 is 0 Å². The van der Waals surface area contributed by atoms with Crippen LogP contribution in [0, 0.1) is 11.8 Å². The molecule has 0 saturated carbocycles. The quantitative estimate of drug-likeness (QED) is 0.194. The highest BCUT2D eigenvalue weighted by Gasteiger charge is 2.39. The highest BCUT2D eigenvalue weighted by Crippen LogP contribution is 2.38. The lowest BCUT2D eigenvalue weighted by Crippen LogP contribution is -2.53. The summed E-state index contributed by atoms with van der Waals surface area (Å²) >= 11 is 0. The van der Waals surface area contributed by atoms with Crippen LogP contribution in [-0.4, -0.2) is 96.7 Å². The van der Waals surface area contributed by atoms with Crippen LogP contribution >= 0.6 is 0 Å². The second-order valence-corrected chi connectivity index (χ2v) is 16.0. The van der Waals surface area contributed by atoms with Crippen molar-refractivity contribution in [3.8, 4) is 11.1 Å². The first-order valence-corrected chi connectivity index (χ1v) is 20.1. The molecule has 0 aromatic heterocycles. The lowest BCUT2D eigenvalue weighted by atomic mass is 9.90. The van der Waals surface area contributed by atoms with E-state index in [1.807, 2.05) is 57.1 Å². The lowest BCUT2D eigenvalue weighted by Gasteiger charge is -2.31. The fraction of sp³-hybridized carbons (Fsp3) is 0.391. The molecule has 12 nitrogen and oxygen atoms in total. The van der Waals surface area contributed by atoms with E-state index in [2.05, 4.69) is 71.3 Å². The van der Waals surface area contributed by atoms with Gasteiger partial charge in [-0.3, -0.25) is 19.6 Å². The van der Waals surface area contributed by atoms with E-state index in [0.717, 1.165) is 68.4 Å². The third-order valence-electron chi connectivity index (χ3n) is 11.6. The largest absolute Gasteiger partial charge is 0.453 e. The van der Waals surface area contributed by atoms with Gasteiger partial charge < -0.3 is 29.9 Å². The van der Waals surface area contributed by atoms with E-state index in [9.17, 15) is 19.2 Å². The van der Waals surface area contributed by atoms with Crippen LogP contribution in [0.5, 0.6) is 0 Å². The molecule has 302 valence electrons. The summed E-state index contributed by atoms with van der Waals surface area (Å²) in [6, 6.07) is 19.6. The first kappa shape index (κ1) is 40.2. The van der Waals surface area contributed by atoms with E-state index in [1.54, 1.807) is 4.90 Å². The van der Waals surface area contributed by atoms with Gasteiger partial charge in [-0.05, 0) is 68.8 Å². The van der Waals surface area contributed by atoms with Gasteiger partial charge in [-0.25, -0.2) is 9.59 Å². The minimum atomic E-state index is -0.704. The predicted molar refractivity (Wildman–Crippen MR) is 227 cm³/mol. The average molecular weight is 785 g/mol. The third kappa shape index (κ3) is 8.05. The van der Waals surface area contributed by atoms with E-state index in [-0.39, 0.29) is 35.7 Å². The summed E-state index contributed by atoms with van der Waals surface area (Å²) in [5.41, 5.74) is 8.45. The number of aliphatic imine (C=N–C) groups is 2. The van der Waals surface area contributed by atoms with Crippen molar-refractivity contribution >= 4 is 57.3 Å². The van der Waals surface area contributed by atoms with Crippen molar-refractivity contribution < 1.29 is 28.7 Å². The number of methoxy groups -OCH3 is 2. The number of alkyl carbamates (subject to hydrolysis) is 2. The molecule has 3 aromatic rings. The molecule has 0 radical (unpaired) electrons. The maximum atomic E-state index is 13.7. The molecule has 2 N–H and O–H groups in total. The van der Waals surface area contributed by atoms with Crippen molar-refractivity contribution in [3.63, 3.8) is 0 Å². The van der Waals surface area contributed by atoms with Crippen LogP contribution in [0.4, 0.5) is 9.59 Å². The number of rotatable bonds is 11. The van der Waals surface area contributed by atoms with Crippen molar-refractivity contribution in [1.82, 2.24) is 20.4 Å². The molecule has 0 aliphatic carbocycles. The van der Waals surface area contributed by atoms with E-state index in [4.69, 9.17) is 19.5 Å². The fourth-order valence-electron chi connectivity index (χ4n) is 8.50. The molecule has 4 heterocycles. The molecule has 1 saturated heterocycles. The topological polar surface area (TPSA) is 142 Å². The lowest BCUT2D eigenvalue weighted by molar-refractivity contribution is -0.134. The Labute approximate surface area is 339 Å². The maximum Gasteiger partial charge on any atom is 0.407 e. The Kier molecular flexibility index (Phi) is 11.9. The molecular formula is C46H52N6O6. The Morgan fingerprint density at radius 3 is 1.88 bits per heavy atom. The SMILES string of the molecule is COC(=O)N[C@H](C(=O)N1CC=C[C@H]1C1=NC=C(c2ccc(-c3cccc4c(C5=CN=C([C@@H]6CCCN6C(=O)[C@@H](NC(=O)OC)C(C)C)C5)cccc34)cc2)C1)C(C)C. The van der Waals surface area contributed by atoms with Gasteiger partial charge in [0.05, 0.1) is 26.3 Å². The number of carbonyl (C=O) groups excluding carboxylic acids is 4. The molecule has 0 unspecified atom stereocenters. The van der Waals surface area contributed by atoms with E-state index in [1.165, 1.54) is 14.2 Å². The van der Waals surface area contributed by atoms with Gasteiger partial charge in [0.2, 0.25) is 11.8 Å². The van der Waals surface area contributed by atoms with Gasteiger partial charge >= 0.3 is 12.2 Å². The van der Waals surface area contributed by atoms with Gasteiger partial charge in [-0.1, -0.05) is 101 Å². The number of amides is 4. The van der Waals surface area contributed by atoms with Gasteiger partial charge in [0.1, 0.15) is 12.1 Å². The zero-order valence-electron chi connectivity index (χ0n) is 34.0. The first-order valence-electron chi connectivity index (χ1n) is 20.1. The normalized spacial score (nSPS) is 19.9. The van der Waals surface area contributed by atoms with Crippen molar-refractivity contribution in [3.05, 3.63) is 96.3 Å². The zero-order chi connectivity index (χ0) is 41.1. The second kappa shape index (κ2) is 17.2. The predicted octanol–water partition coefficient (Wildman–Crippen LogP) is 7.40. The van der Waals surface area contributed by atoms with Gasteiger partial charge in [0.25, 0.3) is 0 Å². The third-order valence-corrected chi connectivity index (χ3v) is 11.6. The molecule has 7 rings (SSSR count). The van der Waals surface area contributed by atoms with Crippen LogP contribution in [0.2, 0.25) is 0 Å². The number of hydrogen-bond acceptors (Lipinski definition) is 8. The summed E-state index contributed by atoms with van der Waals surface area (Å²) < 4.78 is 9.57.